The monoisotopic (exact) mass is 294 g/mol. The molecule has 0 saturated heterocycles. The number of pyridine rings is 1. The van der Waals surface area contributed by atoms with Gasteiger partial charge in [-0.1, -0.05) is 6.92 Å². The van der Waals surface area contributed by atoms with Crippen LogP contribution in [0.4, 0.5) is 0 Å². The van der Waals surface area contributed by atoms with E-state index in [0.717, 1.165) is 19.3 Å². The number of carbonyl (C=O) groups is 1. The van der Waals surface area contributed by atoms with E-state index in [0.29, 0.717) is 11.3 Å². The van der Waals surface area contributed by atoms with Gasteiger partial charge in [0.15, 0.2) is 0 Å². The minimum absolute atomic E-state index is 0.174. The van der Waals surface area contributed by atoms with E-state index in [2.05, 4.69) is 17.2 Å². The topological polar surface area (TPSA) is 51.2 Å². The molecule has 1 N–H and O–H groups in total. The van der Waals surface area contributed by atoms with Gasteiger partial charge < -0.3 is 4.74 Å². The van der Waals surface area contributed by atoms with Crippen molar-refractivity contribution in [2.45, 2.75) is 54.8 Å². The Kier molecular flexibility index (Phi) is 5.05. The number of carbonyl (C=O) groups excluding carboxylic acids is 1. The number of rotatable bonds is 7. The van der Waals surface area contributed by atoms with Crippen LogP contribution in [-0.4, -0.2) is 34.9 Å². The molecule has 0 amide bonds. The zero-order chi connectivity index (χ0) is 14.6. The van der Waals surface area contributed by atoms with Gasteiger partial charge in [0.2, 0.25) is 0 Å². The van der Waals surface area contributed by atoms with Crippen molar-refractivity contribution in [3.05, 3.63) is 24.5 Å². The van der Waals surface area contributed by atoms with Gasteiger partial charge in [0.25, 0.3) is 0 Å². The van der Waals surface area contributed by atoms with Crippen molar-refractivity contribution in [2.75, 3.05) is 7.11 Å². The Labute approximate surface area is 124 Å². The first-order valence-electron chi connectivity index (χ1n) is 6.96. The van der Waals surface area contributed by atoms with Gasteiger partial charge in [-0.15, -0.1) is 11.8 Å². The van der Waals surface area contributed by atoms with Gasteiger partial charge in [0.1, 0.15) is 5.54 Å². The fourth-order valence-electron chi connectivity index (χ4n) is 2.37. The molecule has 1 saturated carbocycles. The maximum Gasteiger partial charge on any atom is 0.325 e. The summed E-state index contributed by atoms with van der Waals surface area (Å²) in [6.45, 7) is 4.08. The van der Waals surface area contributed by atoms with E-state index in [1.165, 1.54) is 12.0 Å². The average Bonchev–Trinajstić information content (AvgIpc) is 3.22. The van der Waals surface area contributed by atoms with E-state index in [-0.39, 0.29) is 5.97 Å². The smallest absolute Gasteiger partial charge is 0.325 e. The van der Waals surface area contributed by atoms with Crippen molar-refractivity contribution in [2.24, 2.45) is 0 Å². The van der Waals surface area contributed by atoms with Gasteiger partial charge in [-0.25, -0.2) is 0 Å². The fraction of sp³-hybridized carbons (Fsp3) is 0.600. The van der Waals surface area contributed by atoms with E-state index in [9.17, 15) is 4.79 Å². The summed E-state index contributed by atoms with van der Waals surface area (Å²) in [5.74, 6) is -0.174. The molecule has 0 radical (unpaired) electrons. The maximum absolute atomic E-state index is 12.1. The maximum atomic E-state index is 12.1. The molecule has 0 aliphatic heterocycles. The van der Waals surface area contributed by atoms with Crippen LogP contribution < -0.4 is 5.32 Å². The Bertz CT molecular complexity index is 450. The Morgan fingerprint density at radius 1 is 1.55 bits per heavy atom. The van der Waals surface area contributed by atoms with Gasteiger partial charge in [0, 0.05) is 28.6 Å². The molecule has 1 aromatic heterocycles. The molecule has 1 aliphatic carbocycles. The number of hydrogen-bond acceptors (Lipinski definition) is 5. The summed E-state index contributed by atoms with van der Waals surface area (Å²) in [7, 11) is 1.45. The summed E-state index contributed by atoms with van der Waals surface area (Å²) >= 11 is 1.76. The van der Waals surface area contributed by atoms with Crippen LogP contribution in [0.2, 0.25) is 0 Å². The normalized spacial score (nSPS) is 19.1. The van der Waals surface area contributed by atoms with Gasteiger partial charge in [-0.2, -0.15) is 0 Å². The lowest BCUT2D eigenvalue weighted by molar-refractivity contribution is -0.148. The summed E-state index contributed by atoms with van der Waals surface area (Å²) < 4.78 is 4.97. The standard InChI is InChI=1S/C15H22N2O2S/c1-11(20-13-6-8-16-9-7-13)10-15(2,14(18)19-3)17-12-4-5-12/h6-9,11-12,17H,4-5,10H2,1-3H3. The van der Waals surface area contributed by atoms with Gasteiger partial charge in [-0.05, 0) is 38.3 Å². The van der Waals surface area contributed by atoms with E-state index in [1.807, 2.05) is 19.1 Å². The van der Waals surface area contributed by atoms with Crippen molar-refractivity contribution in [1.29, 1.82) is 0 Å². The predicted octanol–water partition coefficient (Wildman–Crippen LogP) is 2.64. The SMILES string of the molecule is COC(=O)C(C)(CC(C)Sc1ccncc1)NC1CC1. The van der Waals surface area contributed by atoms with E-state index >= 15 is 0 Å². The summed E-state index contributed by atoms with van der Waals surface area (Å²) in [4.78, 5) is 17.3. The summed E-state index contributed by atoms with van der Waals surface area (Å²) in [5, 5.41) is 3.75. The molecular weight excluding hydrogens is 272 g/mol. The lowest BCUT2D eigenvalue weighted by atomic mass is 9.96. The molecule has 1 aromatic rings. The number of aromatic nitrogens is 1. The largest absolute Gasteiger partial charge is 0.468 e. The molecule has 1 fully saturated rings. The quantitative estimate of drug-likeness (QED) is 0.619. The molecule has 0 spiro atoms. The molecule has 2 unspecified atom stereocenters. The molecular formula is C15H22N2O2S. The second-order valence-electron chi connectivity index (χ2n) is 5.56. The third kappa shape index (κ3) is 4.21. The lowest BCUT2D eigenvalue weighted by Gasteiger charge is -2.30. The Morgan fingerprint density at radius 3 is 2.75 bits per heavy atom. The van der Waals surface area contributed by atoms with Gasteiger partial charge >= 0.3 is 5.97 Å². The molecule has 1 heterocycles. The first-order chi connectivity index (χ1) is 9.53. The zero-order valence-corrected chi connectivity index (χ0v) is 13.1. The van der Waals surface area contributed by atoms with E-state index in [1.54, 1.807) is 24.2 Å². The Balaban J connectivity index is 1.97. The highest BCUT2D eigenvalue weighted by molar-refractivity contribution is 7.99. The molecule has 0 aromatic carbocycles. The number of thioether (sulfide) groups is 1. The molecule has 0 bridgehead atoms. The fourth-order valence-corrected chi connectivity index (χ4v) is 3.53. The van der Waals surface area contributed by atoms with Crippen LogP contribution >= 0.6 is 11.8 Å². The van der Waals surface area contributed by atoms with Crippen molar-refractivity contribution >= 4 is 17.7 Å². The zero-order valence-electron chi connectivity index (χ0n) is 12.3. The van der Waals surface area contributed by atoms with Gasteiger partial charge in [0.05, 0.1) is 7.11 Å². The van der Waals surface area contributed by atoms with Crippen molar-refractivity contribution in [3.63, 3.8) is 0 Å². The first kappa shape index (κ1) is 15.3. The average molecular weight is 294 g/mol. The lowest BCUT2D eigenvalue weighted by Crippen LogP contribution is -2.52. The van der Waals surface area contributed by atoms with Crippen molar-refractivity contribution in [1.82, 2.24) is 10.3 Å². The molecule has 1 aliphatic rings. The highest BCUT2D eigenvalue weighted by atomic mass is 32.2. The number of methoxy groups -OCH3 is 1. The van der Waals surface area contributed by atoms with Crippen LogP contribution in [-0.2, 0) is 9.53 Å². The van der Waals surface area contributed by atoms with E-state index in [4.69, 9.17) is 4.74 Å². The van der Waals surface area contributed by atoms with Crippen LogP contribution in [0.3, 0.4) is 0 Å². The highest BCUT2D eigenvalue weighted by Crippen LogP contribution is 2.31. The number of hydrogen-bond donors (Lipinski definition) is 1. The van der Waals surface area contributed by atoms with Crippen LogP contribution in [0.15, 0.2) is 29.4 Å². The number of ether oxygens (including phenoxy) is 1. The van der Waals surface area contributed by atoms with Crippen LogP contribution in [0.1, 0.15) is 33.1 Å². The number of nitrogens with one attached hydrogen (secondary N) is 1. The third-order valence-corrected chi connectivity index (χ3v) is 4.53. The minimum atomic E-state index is -0.602. The van der Waals surface area contributed by atoms with Crippen LogP contribution in [0.25, 0.3) is 0 Å². The van der Waals surface area contributed by atoms with E-state index < -0.39 is 5.54 Å². The summed E-state index contributed by atoms with van der Waals surface area (Å²) in [6.07, 6.45) is 6.62. The summed E-state index contributed by atoms with van der Waals surface area (Å²) in [5.41, 5.74) is -0.602. The number of nitrogens with zero attached hydrogens (tertiary/aromatic N) is 1. The van der Waals surface area contributed by atoms with Crippen molar-refractivity contribution in [3.8, 4) is 0 Å². The minimum Gasteiger partial charge on any atom is -0.468 e. The highest BCUT2D eigenvalue weighted by Gasteiger charge is 2.40. The summed E-state index contributed by atoms with van der Waals surface area (Å²) in [6, 6.07) is 4.45. The first-order valence-corrected chi connectivity index (χ1v) is 7.84. The molecule has 4 nitrogen and oxygen atoms in total. The van der Waals surface area contributed by atoms with Crippen molar-refractivity contribution < 1.29 is 9.53 Å². The molecule has 2 rings (SSSR count). The molecule has 20 heavy (non-hydrogen) atoms. The predicted molar refractivity (Wildman–Crippen MR) is 80.8 cm³/mol. The van der Waals surface area contributed by atoms with Crippen LogP contribution in [0, 0.1) is 0 Å². The van der Waals surface area contributed by atoms with Crippen LogP contribution in [0.5, 0.6) is 0 Å². The molecule has 2 atom stereocenters. The van der Waals surface area contributed by atoms with Gasteiger partial charge in [-0.3, -0.25) is 15.1 Å². The molecule has 110 valence electrons. The molecule has 5 heteroatoms. The number of esters is 1. The second-order valence-corrected chi connectivity index (χ2v) is 7.07. The third-order valence-electron chi connectivity index (χ3n) is 3.42. The second kappa shape index (κ2) is 6.59. The Hall–Kier alpha value is -1.07. The Morgan fingerprint density at radius 2 is 2.20 bits per heavy atom.